The summed E-state index contributed by atoms with van der Waals surface area (Å²) in [7, 11) is 2.13. The number of rotatable bonds is 6. The van der Waals surface area contributed by atoms with Crippen LogP contribution in [0.4, 0.5) is 0 Å². The zero-order chi connectivity index (χ0) is 15.2. The highest BCUT2D eigenvalue weighted by Gasteiger charge is 2.23. The van der Waals surface area contributed by atoms with Crippen LogP contribution in [0.5, 0.6) is 0 Å². The molecule has 0 radical (unpaired) electrons. The fraction of sp³-hybridized carbons (Fsp3) is 0.389. The maximum Gasteiger partial charge on any atom is 0.0499 e. The van der Waals surface area contributed by atoms with Crippen LogP contribution in [-0.4, -0.2) is 23.0 Å². The summed E-state index contributed by atoms with van der Waals surface area (Å²) in [6.45, 7) is 5.10. The molecule has 2 N–H and O–H groups in total. The number of benzene rings is 1. The van der Waals surface area contributed by atoms with Gasteiger partial charge in [0.25, 0.3) is 0 Å². The van der Waals surface area contributed by atoms with Crippen molar-refractivity contribution in [2.45, 2.75) is 38.9 Å². The number of likely N-dealkylation sites (N-methyl/N-ethyl adjacent to an activating group) is 1. The monoisotopic (exact) mass is 283 g/mol. The van der Waals surface area contributed by atoms with Gasteiger partial charge in [0.2, 0.25) is 0 Å². The lowest BCUT2D eigenvalue weighted by molar-refractivity contribution is 0.201. The Morgan fingerprint density at radius 1 is 1.19 bits per heavy atom. The molecule has 0 fully saturated rings. The van der Waals surface area contributed by atoms with Gasteiger partial charge in [-0.05, 0) is 37.6 Å². The van der Waals surface area contributed by atoms with E-state index >= 15 is 0 Å². The van der Waals surface area contributed by atoms with Crippen LogP contribution in [0.3, 0.4) is 0 Å². The van der Waals surface area contributed by atoms with Crippen molar-refractivity contribution in [3.8, 4) is 0 Å². The Morgan fingerprint density at radius 3 is 2.48 bits per heavy atom. The van der Waals surface area contributed by atoms with Gasteiger partial charge in [-0.1, -0.05) is 42.8 Å². The van der Waals surface area contributed by atoms with Gasteiger partial charge in [0.15, 0.2) is 0 Å². The molecule has 2 atom stereocenters. The van der Waals surface area contributed by atoms with E-state index in [1.54, 1.807) is 6.20 Å². The Hall–Kier alpha value is -1.71. The van der Waals surface area contributed by atoms with Crippen LogP contribution in [0.1, 0.15) is 36.1 Å². The van der Waals surface area contributed by atoms with Crippen molar-refractivity contribution in [3.05, 3.63) is 65.5 Å². The Labute approximate surface area is 127 Å². The second kappa shape index (κ2) is 7.34. The first-order chi connectivity index (χ1) is 10.1. The third-order valence-corrected chi connectivity index (χ3v) is 3.93. The predicted octanol–water partition coefficient (Wildman–Crippen LogP) is 3.30. The van der Waals surface area contributed by atoms with Gasteiger partial charge in [0, 0.05) is 31.0 Å². The van der Waals surface area contributed by atoms with E-state index in [9.17, 15) is 0 Å². The highest BCUT2D eigenvalue weighted by Crippen LogP contribution is 2.25. The normalized spacial score (nSPS) is 14.1. The van der Waals surface area contributed by atoms with E-state index in [2.05, 4.69) is 61.1 Å². The molecule has 0 aliphatic carbocycles. The van der Waals surface area contributed by atoms with Gasteiger partial charge in [-0.25, -0.2) is 0 Å². The van der Waals surface area contributed by atoms with E-state index in [0.29, 0.717) is 0 Å². The molecular formula is C18H25N3. The molecular weight excluding hydrogens is 258 g/mol. The molecule has 0 spiro atoms. The molecule has 3 heteroatoms. The lowest BCUT2D eigenvalue weighted by Crippen LogP contribution is -2.38. The minimum atomic E-state index is 0.120. The molecule has 112 valence electrons. The van der Waals surface area contributed by atoms with Crippen molar-refractivity contribution in [1.82, 2.24) is 9.88 Å². The summed E-state index contributed by atoms with van der Waals surface area (Å²) >= 11 is 0. The van der Waals surface area contributed by atoms with E-state index < -0.39 is 0 Å². The van der Waals surface area contributed by atoms with Crippen LogP contribution < -0.4 is 5.73 Å². The molecule has 0 bridgehead atoms. The van der Waals surface area contributed by atoms with Gasteiger partial charge in [-0.15, -0.1) is 0 Å². The number of nitrogens with two attached hydrogens (primary N) is 1. The van der Waals surface area contributed by atoms with Crippen molar-refractivity contribution < 1.29 is 0 Å². The van der Waals surface area contributed by atoms with Crippen LogP contribution in [0.2, 0.25) is 0 Å². The molecule has 0 amide bonds. The Kier molecular flexibility index (Phi) is 5.48. The molecule has 0 aliphatic rings. The number of aryl methyl sites for hydroxylation is 1. The highest BCUT2D eigenvalue weighted by molar-refractivity contribution is 5.25. The largest absolute Gasteiger partial charge is 0.326 e. The molecule has 1 aromatic carbocycles. The van der Waals surface area contributed by atoms with E-state index in [1.807, 2.05) is 12.3 Å². The van der Waals surface area contributed by atoms with Crippen LogP contribution in [0.25, 0.3) is 0 Å². The third kappa shape index (κ3) is 4.13. The van der Waals surface area contributed by atoms with Crippen LogP contribution in [0, 0.1) is 6.92 Å². The summed E-state index contributed by atoms with van der Waals surface area (Å²) < 4.78 is 0. The molecule has 2 aromatic rings. The van der Waals surface area contributed by atoms with Gasteiger partial charge < -0.3 is 5.73 Å². The number of hydrogen-bond acceptors (Lipinski definition) is 3. The van der Waals surface area contributed by atoms with Gasteiger partial charge >= 0.3 is 0 Å². The lowest BCUT2D eigenvalue weighted by atomic mass is 9.95. The summed E-state index contributed by atoms with van der Waals surface area (Å²) in [6.07, 6.45) is 4.68. The molecule has 0 saturated carbocycles. The maximum atomic E-state index is 6.38. The second-order valence-electron chi connectivity index (χ2n) is 5.70. The third-order valence-electron chi connectivity index (χ3n) is 3.93. The number of nitrogens with zero attached hydrogens (tertiary/aromatic N) is 2. The molecule has 2 rings (SSSR count). The molecule has 1 heterocycles. The lowest BCUT2D eigenvalue weighted by Gasteiger charge is -2.33. The van der Waals surface area contributed by atoms with Gasteiger partial charge in [0.1, 0.15) is 0 Å². The fourth-order valence-corrected chi connectivity index (χ4v) is 2.69. The van der Waals surface area contributed by atoms with Gasteiger partial charge in [0.05, 0.1) is 0 Å². The minimum absolute atomic E-state index is 0.120. The standard InChI is InChI=1S/C18H25N3/c1-4-17(19)18(16-9-7-14(2)8-10-16)21(3)13-15-6-5-11-20-12-15/h5-12,17-18H,4,13,19H2,1-3H3. The topological polar surface area (TPSA) is 42.1 Å². The minimum Gasteiger partial charge on any atom is -0.326 e. The Balaban J connectivity index is 2.21. The Bertz CT molecular complexity index is 536. The summed E-state index contributed by atoms with van der Waals surface area (Å²) in [4.78, 5) is 6.50. The average molecular weight is 283 g/mol. The zero-order valence-electron chi connectivity index (χ0n) is 13.2. The number of hydrogen-bond donors (Lipinski definition) is 1. The summed E-state index contributed by atoms with van der Waals surface area (Å²) in [5, 5.41) is 0. The fourth-order valence-electron chi connectivity index (χ4n) is 2.69. The van der Waals surface area contributed by atoms with Crippen LogP contribution in [0.15, 0.2) is 48.8 Å². The van der Waals surface area contributed by atoms with Crippen LogP contribution in [-0.2, 0) is 6.54 Å². The van der Waals surface area contributed by atoms with Gasteiger partial charge in [-0.3, -0.25) is 9.88 Å². The van der Waals surface area contributed by atoms with E-state index in [-0.39, 0.29) is 12.1 Å². The highest BCUT2D eigenvalue weighted by atomic mass is 15.1. The van der Waals surface area contributed by atoms with Crippen molar-refractivity contribution in [1.29, 1.82) is 0 Å². The van der Waals surface area contributed by atoms with Crippen molar-refractivity contribution >= 4 is 0 Å². The SMILES string of the molecule is CCC(N)C(c1ccc(C)cc1)N(C)Cc1cccnc1. The smallest absolute Gasteiger partial charge is 0.0499 e. The molecule has 0 aliphatic heterocycles. The first kappa shape index (κ1) is 15.7. The Morgan fingerprint density at radius 2 is 1.90 bits per heavy atom. The first-order valence-corrected chi connectivity index (χ1v) is 7.53. The quantitative estimate of drug-likeness (QED) is 0.884. The molecule has 21 heavy (non-hydrogen) atoms. The number of pyridine rings is 1. The summed E-state index contributed by atoms with van der Waals surface area (Å²) in [5.74, 6) is 0. The molecule has 1 aromatic heterocycles. The van der Waals surface area contributed by atoms with Crippen molar-refractivity contribution in [3.63, 3.8) is 0 Å². The average Bonchev–Trinajstić information content (AvgIpc) is 2.50. The van der Waals surface area contributed by atoms with E-state index in [1.165, 1.54) is 16.7 Å². The second-order valence-corrected chi connectivity index (χ2v) is 5.70. The van der Waals surface area contributed by atoms with Gasteiger partial charge in [-0.2, -0.15) is 0 Å². The molecule has 2 unspecified atom stereocenters. The summed E-state index contributed by atoms with van der Waals surface area (Å²) in [6, 6.07) is 13.1. The predicted molar refractivity (Wildman–Crippen MR) is 87.9 cm³/mol. The number of aromatic nitrogens is 1. The van der Waals surface area contributed by atoms with E-state index in [0.717, 1.165) is 13.0 Å². The van der Waals surface area contributed by atoms with Crippen molar-refractivity contribution in [2.75, 3.05) is 7.05 Å². The molecule has 3 nitrogen and oxygen atoms in total. The molecule has 0 saturated heterocycles. The van der Waals surface area contributed by atoms with Crippen LogP contribution >= 0.6 is 0 Å². The van der Waals surface area contributed by atoms with Crippen molar-refractivity contribution in [2.24, 2.45) is 5.73 Å². The first-order valence-electron chi connectivity index (χ1n) is 7.53. The summed E-state index contributed by atoms with van der Waals surface area (Å²) in [5.41, 5.74) is 10.1. The maximum absolute atomic E-state index is 6.38. The van der Waals surface area contributed by atoms with E-state index in [4.69, 9.17) is 5.73 Å². The zero-order valence-corrected chi connectivity index (χ0v) is 13.2.